The van der Waals surface area contributed by atoms with Crippen LogP contribution in [-0.4, -0.2) is 24.2 Å². The molecular formula is C70H68N6O. The highest BCUT2D eigenvalue weighted by Crippen LogP contribution is 2.42. The number of rotatable bonds is 9. The lowest BCUT2D eigenvalue weighted by Crippen LogP contribution is -2.34. The van der Waals surface area contributed by atoms with Crippen LogP contribution in [0.25, 0.3) is 83.9 Å². The van der Waals surface area contributed by atoms with E-state index in [4.69, 9.17) is 19.8 Å². The Morgan fingerprint density at radius 3 is 1.62 bits per heavy atom. The Bertz CT molecular complexity index is 3880. The van der Waals surface area contributed by atoms with Crippen molar-refractivity contribution >= 4 is 21.8 Å². The van der Waals surface area contributed by atoms with Gasteiger partial charge in [0.2, 0.25) is 0 Å². The summed E-state index contributed by atoms with van der Waals surface area (Å²) in [5, 5.41) is 7.88. The van der Waals surface area contributed by atoms with E-state index in [1.165, 1.54) is 22.3 Å². The molecule has 0 fully saturated rings. The number of fused-ring (bicyclic) bond motifs is 3. The maximum absolute atomic E-state index is 7.14. The molecule has 0 radical (unpaired) electrons. The molecule has 4 aromatic heterocycles. The van der Waals surface area contributed by atoms with Gasteiger partial charge in [0, 0.05) is 51.8 Å². The van der Waals surface area contributed by atoms with Crippen LogP contribution in [0.1, 0.15) is 105 Å². The summed E-state index contributed by atoms with van der Waals surface area (Å²) in [6.45, 7) is 26.9. The number of aromatic nitrogens is 6. The zero-order valence-corrected chi connectivity index (χ0v) is 46.6. The van der Waals surface area contributed by atoms with Crippen LogP contribution >= 0.6 is 0 Å². The molecule has 0 N–H and O–H groups in total. The van der Waals surface area contributed by atoms with Crippen molar-refractivity contribution in [2.75, 3.05) is 0 Å². The SMILES string of the molecule is CC(C)(C)c1cc(-[n+]2[c-]n(-c3cc(Oc4ccc5c6cc(-c7ccccc7)ccc6n(-c6cc(C(C)(C)C)ccn6)c5c4)cc(C(C)(C)C)n3)c(-c3c(-c4ccccc4)cccc3-c3ccccc3)n2)cc(C(C)(C)C)c1. The Hall–Kier alpha value is -8.42. The molecule has 0 amide bonds. The van der Waals surface area contributed by atoms with Gasteiger partial charge in [0.1, 0.15) is 23.1 Å². The standard InChI is InChI=1S/C70H68N6O/c1-67(2,3)50-35-36-71-63(41-50)76-60-34-31-49(46-23-16-13-17-24-46)37-59(60)58-33-32-54(42-61(58)76)77-55-43-62(70(10,11)12)72-64(44-55)74-45-75(53-39-51(68(4,5)6)38-52(40-53)69(7,8)9)73-66(74)65-56(47-25-18-14-19-26-47)29-22-30-57(65)48-27-20-15-21-28-48/h13-44H,1-12H3. The topological polar surface area (TPSA) is 61.6 Å². The molecule has 0 aliphatic heterocycles. The van der Waals surface area contributed by atoms with Crippen LogP contribution in [0.3, 0.4) is 0 Å². The molecule has 384 valence electrons. The molecule has 0 atom stereocenters. The van der Waals surface area contributed by atoms with Crippen molar-refractivity contribution in [1.29, 1.82) is 0 Å². The summed E-state index contributed by atoms with van der Waals surface area (Å²) < 4.78 is 13.4. The monoisotopic (exact) mass is 1010 g/mol. The summed E-state index contributed by atoms with van der Waals surface area (Å²) in [4.78, 5) is 10.5. The maximum atomic E-state index is 7.14. The summed E-state index contributed by atoms with van der Waals surface area (Å²) in [6, 6.07) is 66.7. The van der Waals surface area contributed by atoms with Gasteiger partial charge in [0.15, 0.2) is 5.82 Å². The van der Waals surface area contributed by atoms with Gasteiger partial charge in [0.05, 0.1) is 16.7 Å². The maximum Gasteiger partial charge on any atom is 0.275 e. The van der Waals surface area contributed by atoms with E-state index >= 15 is 0 Å². The normalized spacial score (nSPS) is 12.4. The molecule has 7 aromatic carbocycles. The van der Waals surface area contributed by atoms with E-state index in [2.05, 4.69) is 276 Å². The lowest BCUT2D eigenvalue weighted by Gasteiger charge is -2.26. The lowest BCUT2D eigenvalue weighted by molar-refractivity contribution is -0.660. The van der Waals surface area contributed by atoms with Crippen molar-refractivity contribution in [3.63, 3.8) is 0 Å². The van der Waals surface area contributed by atoms with Gasteiger partial charge in [-0.3, -0.25) is 14.1 Å². The molecule has 77 heavy (non-hydrogen) atoms. The third-order valence-corrected chi connectivity index (χ3v) is 14.7. The van der Waals surface area contributed by atoms with Crippen LogP contribution < -0.4 is 9.42 Å². The number of hydrogen-bond acceptors (Lipinski definition) is 4. The summed E-state index contributed by atoms with van der Waals surface area (Å²) in [7, 11) is 0. The first-order valence-electron chi connectivity index (χ1n) is 26.8. The largest absolute Gasteiger partial charge is 0.458 e. The molecule has 11 rings (SSSR count). The molecule has 4 heterocycles. The van der Waals surface area contributed by atoms with E-state index in [0.29, 0.717) is 23.1 Å². The number of hydrogen-bond donors (Lipinski definition) is 0. The summed E-state index contributed by atoms with van der Waals surface area (Å²) in [6.07, 6.45) is 5.71. The van der Waals surface area contributed by atoms with Crippen molar-refractivity contribution in [3.05, 3.63) is 223 Å². The summed E-state index contributed by atoms with van der Waals surface area (Å²) in [5.74, 6) is 3.51. The van der Waals surface area contributed by atoms with Crippen LogP contribution in [0.15, 0.2) is 194 Å². The molecular weight excluding hydrogens is 941 g/mol. The quantitative estimate of drug-likeness (QED) is 0.107. The van der Waals surface area contributed by atoms with Gasteiger partial charge < -0.3 is 4.74 Å². The van der Waals surface area contributed by atoms with Crippen molar-refractivity contribution in [2.45, 2.75) is 105 Å². The smallest absolute Gasteiger partial charge is 0.275 e. The van der Waals surface area contributed by atoms with Crippen LogP contribution in [-0.2, 0) is 21.7 Å². The molecule has 0 unspecified atom stereocenters. The highest BCUT2D eigenvalue weighted by atomic mass is 16.5. The number of ether oxygens (including phenoxy) is 1. The Balaban J connectivity index is 1.14. The predicted molar refractivity (Wildman–Crippen MR) is 317 cm³/mol. The van der Waals surface area contributed by atoms with Crippen LogP contribution in [0.4, 0.5) is 0 Å². The van der Waals surface area contributed by atoms with E-state index in [1.807, 2.05) is 21.5 Å². The first-order chi connectivity index (χ1) is 36.7. The van der Waals surface area contributed by atoms with E-state index in [0.717, 1.165) is 72.4 Å². The predicted octanol–water partition coefficient (Wildman–Crippen LogP) is 17.5. The number of pyridine rings is 2. The Morgan fingerprint density at radius 1 is 0.442 bits per heavy atom. The van der Waals surface area contributed by atoms with Crippen molar-refractivity contribution in [1.82, 2.24) is 24.2 Å². The highest BCUT2D eigenvalue weighted by Gasteiger charge is 2.28. The zero-order chi connectivity index (χ0) is 54.0. The lowest BCUT2D eigenvalue weighted by atomic mass is 9.80. The molecule has 7 heteroatoms. The molecule has 0 saturated heterocycles. The van der Waals surface area contributed by atoms with Crippen LogP contribution in [0, 0.1) is 6.33 Å². The average molecular weight is 1010 g/mol. The first kappa shape index (κ1) is 50.7. The van der Waals surface area contributed by atoms with Gasteiger partial charge in [-0.1, -0.05) is 217 Å². The van der Waals surface area contributed by atoms with Crippen molar-refractivity contribution < 1.29 is 9.42 Å². The number of nitrogens with zero attached hydrogens (tertiary/aromatic N) is 6. The fourth-order valence-corrected chi connectivity index (χ4v) is 10.2. The zero-order valence-electron chi connectivity index (χ0n) is 46.6. The Morgan fingerprint density at radius 2 is 1.04 bits per heavy atom. The van der Waals surface area contributed by atoms with Crippen molar-refractivity contribution in [2.24, 2.45) is 0 Å². The second-order valence-electron chi connectivity index (χ2n) is 24.6. The third kappa shape index (κ3) is 10.1. The second kappa shape index (κ2) is 19.3. The molecule has 0 saturated carbocycles. The van der Waals surface area contributed by atoms with Crippen LogP contribution in [0.5, 0.6) is 11.5 Å². The molecule has 0 aliphatic carbocycles. The molecule has 0 bridgehead atoms. The second-order valence-corrected chi connectivity index (χ2v) is 24.6. The number of benzene rings is 7. The fourth-order valence-electron chi connectivity index (χ4n) is 10.2. The fraction of sp³-hybridized carbons (Fsp3) is 0.229. The molecule has 11 aromatic rings. The van der Waals surface area contributed by atoms with E-state index < -0.39 is 0 Å². The highest BCUT2D eigenvalue weighted by molar-refractivity contribution is 6.10. The van der Waals surface area contributed by atoms with Crippen LogP contribution in [0.2, 0.25) is 0 Å². The van der Waals surface area contributed by atoms with Crippen molar-refractivity contribution in [3.8, 4) is 73.6 Å². The van der Waals surface area contributed by atoms with Gasteiger partial charge in [-0.15, -0.1) is 5.10 Å². The Labute approximate surface area is 454 Å². The van der Waals surface area contributed by atoms with Gasteiger partial charge in [-0.05, 0) is 103 Å². The molecule has 7 nitrogen and oxygen atoms in total. The van der Waals surface area contributed by atoms with E-state index in [-0.39, 0.29) is 21.7 Å². The van der Waals surface area contributed by atoms with Gasteiger partial charge >= 0.3 is 0 Å². The molecule has 0 aliphatic rings. The minimum Gasteiger partial charge on any atom is -0.458 e. The summed E-state index contributed by atoms with van der Waals surface area (Å²) >= 11 is 0. The first-order valence-corrected chi connectivity index (χ1v) is 26.8. The average Bonchev–Trinajstić information content (AvgIpc) is 4.00. The summed E-state index contributed by atoms with van der Waals surface area (Å²) in [5.41, 5.74) is 14.4. The Kier molecular flexibility index (Phi) is 12.7. The van der Waals surface area contributed by atoms with E-state index in [9.17, 15) is 0 Å². The van der Waals surface area contributed by atoms with Gasteiger partial charge in [-0.25, -0.2) is 4.98 Å². The van der Waals surface area contributed by atoms with E-state index in [1.54, 1.807) is 0 Å². The minimum atomic E-state index is -0.360. The van der Waals surface area contributed by atoms with Gasteiger partial charge in [-0.2, -0.15) is 4.68 Å². The van der Waals surface area contributed by atoms with Gasteiger partial charge in [0.25, 0.3) is 6.33 Å². The third-order valence-electron chi connectivity index (χ3n) is 14.7. The molecule has 0 spiro atoms. The minimum absolute atomic E-state index is 0.0701.